The van der Waals surface area contributed by atoms with E-state index in [4.69, 9.17) is 0 Å². The highest BCUT2D eigenvalue weighted by atomic mass is 32.2. The molecule has 232 valence electrons. The minimum Gasteiger partial charge on any atom is -0.406 e. The number of thioether (sulfide) groups is 1. The number of nitriles is 1. The average molecular weight is 633 g/mol. The van der Waals surface area contributed by atoms with Crippen LogP contribution in [0.2, 0.25) is 0 Å². The van der Waals surface area contributed by atoms with Crippen molar-refractivity contribution in [1.29, 1.82) is 5.26 Å². The first-order valence-corrected chi connectivity index (χ1v) is 15.4. The molecule has 1 aliphatic rings. The summed E-state index contributed by atoms with van der Waals surface area (Å²) in [5, 5.41) is 15.0. The van der Waals surface area contributed by atoms with Crippen molar-refractivity contribution in [3.8, 4) is 28.9 Å². The molecule has 0 N–H and O–H groups in total. The van der Waals surface area contributed by atoms with Gasteiger partial charge in [-0.05, 0) is 66.3 Å². The molecule has 1 unspecified atom stereocenters. The van der Waals surface area contributed by atoms with Crippen LogP contribution in [0.15, 0.2) is 78.0 Å². The molecule has 1 aliphatic heterocycles. The molecule has 0 spiro atoms. The lowest BCUT2D eigenvalue weighted by atomic mass is 9.95. The Labute approximate surface area is 263 Å². The van der Waals surface area contributed by atoms with Crippen LogP contribution in [0.25, 0.3) is 17.1 Å². The van der Waals surface area contributed by atoms with E-state index in [2.05, 4.69) is 63.7 Å². The summed E-state index contributed by atoms with van der Waals surface area (Å²) in [5.74, 6) is 0.195. The third-order valence-corrected chi connectivity index (χ3v) is 8.37. The molecule has 0 radical (unpaired) electrons. The summed E-state index contributed by atoms with van der Waals surface area (Å²) in [5.41, 5.74) is 5.35. The van der Waals surface area contributed by atoms with Gasteiger partial charge in [-0.1, -0.05) is 62.0 Å². The number of nitrogens with zero attached hydrogens (tertiary/aromatic N) is 6. The Balaban J connectivity index is 1.28. The van der Waals surface area contributed by atoms with Gasteiger partial charge in [-0.2, -0.15) is 10.3 Å². The van der Waals surface area contributed by atoms with Gasteiger partial charge in [0.25, 0.3) is 0 Å². The number of amides is 1. The van der Waals surface area contributed by atoms with Crippen LogP contribution >= 0.6 is 11.8 Å². The highest BCUT2D eigenvalue weighted by Crippen LogP contribution is 2.34. The number of aromatic nitrogens is 3. The topological polar surface area (TPSA) is 96.4 Å². The van der Waals surface area contributed by atoms with Crippen molar-refractivity contribution in [2.24, 2.45) is 4.99 Å². The fourth-order valence-corrected chi connectivity index (χ4v) is 6.25. The van der Waals surface area contributed by atoms with E-state index in [1.165, 1.54) is 46.4 Å². The molecule has 8 nitrogen and oxygen atoms in total. The first kappa shape index (κ1) is 31.8. The number of aryl methyl sites for hydroxylation is 1. The van der Waals surface area contributed by atoms with Gasteiger partial charge in [0, 0.05) is 30.0 Å². The number of aliphatic imine (C=N–C) groups is 1. The molecule has 1 aromatic heterocycles. The van der Waals surface area contributed by atoms with E-state index in [9.17, 15) is 23.2 Å². The smallest absolute Gasteiger partial charge is 0.406 e. The fraction of sp³-hybridized carbons (Fsp3) is 0.303. The Hall–Kier alpha value is -4.63. The van der Waals surface area contributed by atoms with Crippen molar-refractivity contribution in [2.75, 3.05) is 17.2 Å². The minimum absolute atomic E-state index is 0.0560. The Morgan fingerprint density at radius 3 is 2.51 bits per heavy atom. The average Bonchev–Trinajstić information content (AvgIpc) is 3.50. The van der Waals surface area contributed by atoms with E-state index in [1.54, 1.807) is 36.0 Å². The number of anilines is 1. The van der Waals surface area contributed by atoms with Crippen LogP contribution in [-0.4, -0.2) is 44.5 Å². The van der Waals surface area contributed by atoms with E-state index in [0.29, 0.717) is 33.7 Å². The van der Waals surface area contributed by atoms with Crippen molar-refractivity contribution in [1.82, 2.24) is 14.8 Å². The predicted molar refractivity (Wildman–Crippen MR) is 169 cm³/mol. The number of alkyl halides is 3. The highest BCUT2D eigenvalue weighted by Gasteiger charge is 2.31. The molecule has 0 bridgehead atoms. The quantitative estimate of drug-likeness (QED) is 0.196. The SMILES string of the molecule is Cc1cccc(N2CCCSC2=NC(=O)CC(C#N)c2ccc(-c3ncn(-c4ccc(OC(F)(F)F)cc4)n3)cc2)c1C(C)C. The van der Waals surface area contributed by atoms with E-state index < -0.39 is 12.3 Å². The number of ether oxygens (including phenoxy) is 1. The second kappa shape index (κ2) is 13.6. The molecule has 45 heavy (non-hydrogen) atoms. The number of rotatable bonds is 8. The van der Waals surface area contributed by atoms with E-state index >= 15 is 0 Å². The molecule has 1 atom stereocenters. The van der Waals surface area contributed by atoms with E-state index in [0.717, 1.165) is 24.4 Å². The van der Waals surface area contributed by atoms with Crippen LogP contribution in [-0.2, 0) is 4.79 Å². The summed E-state index contributed by atoms with van der Waals surface area (Å²) in [6, 6.07) is 20.8. The lowest BCUT2D eigenvalue weighted by molar-refractivity contribution is -0.274. The Morgan fingerprint density at radius 2 is 1.84 bits per heavy atom. The van der Waals surface area contributed by atoms with Gasteiger partial charge in [-0.3, -0.25) is 4.79 Å². The monoisotopic (exact) mass is 632 g/mol. The molecule has 5 rings (SSSR count). The molecule has 1 fully saturated rings. The van der Waals surface area contributed by atoms with Gasteiger partial charge in [0.15, 0.2) is 11.0 Å². The lowest BCUT2D eigenvalue weighted by Crippen LogP contribution is -2.35. The second-order valence-corrected chi connectivity index (χ2v) is 11.9. The van der Waals surface area contributed by atoms with Crippen molar-refractivity contribution in [3.63, 3.8) is 0 Å². The van der Waals surface area contributed by atoms with Crippen LogP contribution < -0.4 is 9.64 Å². The second-order valence-electron chi connectivity index (χ2n) is 10.9. The molecule has 1 saturated heterocycles. The first-order chi connectivity index (χ1) is 21.5. The Bertz CT molecular complexity index is 1730. The molecule has 0 aliphatic carbocycles. The van der Waals surface area contributed by atoms with Crippen LogP contribution in [0, 0.1) is 18.3 Å². The summed E-state index contributed by atoms with van der Waals surface area (Å²) in [4.78, 5) is 24.1. The van der Waals surface area contributed by atoms with E-state index in [1.807, 2.05) is 6.07 Å². The lowest BCUT2D eigenvalue weighted by Gasteiger charge is -2.32. The number of benzene rings is 3. The maximum atomic E-state index is 13.2. The maximum absolute atomic E-state index is 13.2. The van der Waals surface area contributed by atoms with Crippen LogP contribution in [0.1, 0.15) is 55.2 Å². The van der Waals surface area contributed by atoms with E-state index in [-0.39, 0.29) is 18.1 Å². The fourth-order valence-electron chi connectivity index (χ4n) is 5.28. The number of halogens is 3. The predicted octanol–water partition coefficient (Wildman–Crippen LogP) is 7.79. The normalized spacial score (nSPS) is 15.2. The minimum atomic E-state index is -4.77. The molecule has 3 aromatic carbocycles. The summed E-state index contributed by atoms with van der Waals surface area (Å²) < 4.78 is 42.7. The Morgan fingerprint density at radius 1 is 1.11 bits per heavy atom. The van der Waals surface area contributed by atoms with Gasteiger partial charge in [0.05, 0.1) is 17.7 Å². The number of carbonyl (C=O) groups excluding carboxylic acids is 1. The molecule has 1 amide bonds. The molecule has 0 saturated carbocycles. The maximum Gasteiger partial charge on any atom is 0.573 e. The Kier molecular flexibility index (Phi) is 9.58. The van der Waals surface area contributed by atoms with Crippen LogP contribution in [0.4, 0.5) is 18.9 Å². The number of hydrogen-bond acceptors (Lipinski definition) is 6. The summed E-state index contributed by atoms with van der Waals surface area (Å²) in [7, 11) is 0. The van der Waals surface area contributed by atoms with Gasteiger partial charge in [0.1, 0.15) is 12.1 Å². The zero-order chi connectivity index (χ0) is 32.1. The summed E-state index contributed by atoms with van der Waals surface area (Å²) in [6.45, 7) is 7.19. The molecular weight excluding hydrogens is 601 g/mol. The first-order valence-electron chi connectivity index (χ1n) is 14.4. The number of carbonyl (C=O) groups is 1. The third kappa shape index (κ3) is 7.72. The van der Waals surface area contributed by atoms with Crippen molar-refractivity contribution in [2.45, 2.75) is 51.8 Å². The largest absolute Gasteiger partial charge is 0.573 e. The molecule has 2 heterocycles. The van der Waals surface area contributed by atoms with Gasteiger partial charge in [0.2, 0.25) is 5.91 Å². The molecule has 4 aromatic rings. The van der Waals surface area contributed by atoms with Crippen LogP contribution in [0.5, 0.6) is 5.75 Å². The number of hydrogen-bond donors (Lipinski definition) is 0. The summed E-state index contributed by atoms with van der Waals surface area (Å²) in [6.07, 6.45) is -2.40. The zero-order valence-corrected chi connectivity index (χ0v) is 25.8. The molecule has 12 heteroatoms. The van der Waals surface area contributed by atoms with Crippen molar-refractivity contribution >= 4 is 28.5 Å². The zero-order valence-electron chi connectivity index (χ0n) is 25.0. The summed E-state index contributed by atoms with van der Waals surface area (Å²) >= 11 is 1.56. The van der Waals surface area contributed by atoms with Crippen molar-refractivity contribution < 1.29 is 22.7 Å². The van der Waals surface area contributed by atoms with Gasteiger partial charge in [-0.15, -0.1) is 18.3 Å². The van der Waals surface area contributed by atoms with Gasteiger partial charge >= 0.3 is 6.36 Å². The third-order valence-electron chi connectivity index (χ3n) is 7.31. The molecular formula is C33H31F3N6O2S. The standard InChI is InChI=1S/C33H31F3N6O2S/c1-21(2)30-22(3)6-4-7-28(30)41-16-5-17-45-32(41)39-29(43)18-25(19-37)23-8-10-24(11-9-23)31-38-20-42(40-31)26-12-14-27(15-13-26)44-33(34,35)36/h4,6-15,20-21,25H,5,16-18H2,1-3H3. The highest BCUT2D eigenvalue weighted by molar-refractivity contribution is 8.14. The van der Waals surface area contributed by atoms with Crippen LogP contribution in [0.3, 0.4) is 0 Å². The van der Waals surface area contributed by atoms with Gasteiger partial charge < -0.3 is 9.64 Å². The van der Waals surface area contributed by atoms with Crippen molar-refractivity contribution in [3.05, 3.63) is 89.7 Å². The van der Waals surface area contributed by atoms with Gasteiger partial charge in [-0.25, -0.2) is 9.67 Å². The number of amidine groups is 1.